The van der Waals surface area contributed by atoms with E-state index < -0.39 is 29.0 Å². The van der Waals surface area contributed by atoms with Crippen LogP contribution in [0.2, 0.25) is 0 Å². The number of esters is 1. The zero-order valence-electron chi connectivity index (χ0n) is 15.5. The van der Waals surface area contributed by atoms with Gasteiger partial charge in [0.15, 0.2) is 11.5 Å². The van der Waals surface area contributed by atoms with Crippen molar-refractivity contribution in [3.63, 3.8) is 0 Å². The van der Waals surface area contributed by atoms with Crippen molar-refractivity contribution >= 4 is 5.97 Å². The van der Waals surface area contributed by atoms with Crippen molar-refractivity contribution in [2.24, 2.45) is 0 Å². The molecule has 0 radical (unpaired) electrons. The number of rotatable bonds is 5. The van der Waals surface area contributed by atoms with Crippen molar-refractivity contribution in [1.29, 1.82) is 0 Å². The van der Waals surface area contributed by atoms with E-state index in [2.05, 4.69) is 10.1 Å². The molecule has 0 unspecified atom stereocenters. The highest BCUT2D eigenvalue weighted by atomic mass is 19.4. The second kappa shape index (κ2) is 7.81. The molecule has 0 bridgehead atoms. The molecule has 1 aliphatic heterocycles. The van der Waals surface area contributed by atoms with E-state index in [4.69, 9.17) is 9.47 Å². The molecule has 1 saturated heterocycles. The first-order valence-corrected chi connectivity index (χ1v) is 8.22. The number of halogens is 3. The van der Waals surface area contributed by atoms with Crippen LogP contribution in [0.4, 0.5) is 13.2 Å². The van der Waals surface area contributed by atoms with Gasteiger partial charge in [-0.25, -0.2) is 4.79 Å². The number of nitrogens with zero attached hydrogens (tertiary/aromatic N) is 1. The number of hydrogen-bond acceptors (Lipinski definition) is 7. The van der Waals surface area contributed by atoms with E-state index in [1.54, 1.807) is 6.92 Å². The van der Waals surface area contributed by atoms with E-state index >= 15 is 0 Å². The Morgan fingerprint density at radius 1 is 1.22 bits per heavy atom. The molecule has 0 amide bonds. The summed E-state index contributed by atoms with van der Waals surface area (Å²) in [6.07, 6.45) is -5.01. The number of aromatic hydroxyl groups is 1. The molecule has 1 aliphatic rings. The summed E-state index contributed by atoms with van der Waals surface area (Å²) in [6, 6.07) is 1.69. The summed E-state index contributed by atoms with van der Waals surface area (Å²) >= 11 is 0. The summed E-state index contributed by atoms with van der Waals surface area (Å²) in [5.41, 5.74) is -3.53. The summed E-state index contributed by atoms with van der Waals surface area (Å²) < 4.78 is 58.0. The summed E-state index contributed by atoms with van der Waals surface area (Å²) in [6.45, 7) is 1.91. The van der Waals surface area contributed by atoms with Crippen molar-refractivity contribution in [2.45, 2.75) is 24.7 Å². The van der Waals surface area contributed by atoms with Gasteiger partial charge in [0.1, 0.15) is 0 Å². The fourth-order valence-electron chi connectivity index (χ4n) is 3.38. The van der Waals surface area contributed by atoms with Crippen LogP contribution in [0.1, 0.15) is 12.5 Å². The van der Waals surface area contributed by atoms with E-state index in [0.29, 0.717) is 0 Å². The second-order valence-electron chi connectivity index (χ2n) is 6.23. The molecule has 1 heterocycles. The standard InChI is InChI=1S/C17H23F3N2O5/c1-10-9-22(6-5-21-10)16(15(24)27-4,17(18,19)20)11-7-12(25-2)14(23)13(8-11)26-3/h7-8,10,21,23H,5-6,9H2,1-4H3/t10-,16+/m0/s1. The molecule has 2 atom stereocenters. The van der Waals surface area contributed by atoms with Crippen molar-refractivity contribution in [3.05, 3.63) is 17.7 Å². The van der Waals surface area contributed by atoms with Gasteiger partial charge in [-0.15, -0.1) is 0 Å². The Bertz CT molecular complexity index is 673. The first-order chi connectivity index (χ1) is 12.6. The van der Waals surface area contributed by atoms with Gasteiger partial charge in [0.05, 0.1) is 21.3 Å². The van der Waals surface area contributed by atoms with E-state index in [1.807, 2.05) is 0 Å². The first kappa shape index (κ1) is 21.1. The molecule has 0 aromatic heterocycles. The lowest BCUT2D eigenvalue weighted by Gasteiger charge is -2.46. The number of alkyl halides is 3. The minimum Gasteiger partial charge on any atom is -0.502 e. The van der Waals surface area contributed by atoms with Gasteiger partial charge in [-0.3, -0.25) is 4.90 Å². The Labute approximate surface area is 155 Å². The van der Waals surface area contributed by atoms with Crippen LogP contribution in [0.3, 0.4) is 0 Å². The fraction of sp³-hybridized carbons (Fsp3) is 0.588. The SMILES string of the molecule is COC(=O)[C@@](c1cc(OC)c(O)c(OC)c1)(N1CCN[C@@H](C)C1)C(F)(F)F. The molecule has 0 spiro atoms. The first-order valence-electron chi connectivity index (χ1n) is 8.22. The maximum atomic E-state index is 14.5. The molecular formula is C17H23F3N2O5. The molecule has 27 heavy (non-hydrogen) atoms. The van der Waals surface area contributed by atoms with Crippen molar-refractivity contribution in [3.8, 4) is 17.2 Å². The third-order valence-corrected chi connectivity index (χ3v) is 4.63. The predicted octanol–water partition coefficient (Wildman–Crippen LogP) is 1.63. The number of carbonyl (C=O) groups excluding carboxylic acids is 1. The molecular weight excluding hydrogens is 369 g/mol. The lowest BCUT2D eigenvalue weighted by molar-refractivity contribution is -0.246. The number of methoxy groups -OCH3 is 3. The third kappa shape index (κ3) is 3.51. The average molecular weight is 392 g/mol. The number of nitrogens with one attached hydrogen (secondary N) is 1. The minimum atomic E-state index is -5.01. The molecule has 10 heteroatoms. The van der Waals surface area contributed by atoms with E-state index in [9.17, 15) is 23.1 Å². The van der Waals surface area contributed by atoms with Crippen LogP contribution in [0, 0.1) is 0 Å². The van der Waals surface area contributed by atoms with Gasteiger partial charge in [0.25, 0.3) is 0 Å². The lowest BCUT2D eigenvalue weighted by atomic mass is 9.85. The predicted molar refractivity (Wildman–Crippen MR) is 90.0 cm³/mol. The van der Waals surface area contributed by atoms with Gasteiger partial charge >= 0.3 is 12.1 Å². The second-order valence-corrected chi connectivity index (χ2v) is 6.23. The smallest absolute Gasteiger partial charge is 0.421 e. The number of benzene rings is 1. The van der Waals surface area contributed by atoms with Gasteiger partial charge in [-0.05, 0) is 19.1 Å². The third-order valence-electron chi connectivity index (χ3n) is 4.63. The zero-order chi connectivity index (χ0) is 20.4. The minimum absolute atomic E-state index is 0.0372. The molecule has 1 fully saturated rings. The molecule has 2 rings (SSSR count). The summed E-state index contributed by atoms with van der Waals surface area (Å²) in [5.74, 6) is -2.42. The van der Waals surface area contributed by atoms with Crippen LogP contribution in [0.15, 0.2) is 12.1 Å². The molecule has 0 aliphatic carbocycles. The van der Waals surface area contributed by atoms with Crippen LogP contribution >= 0.6 is 0 Å². The highest BCUT2D eigenvalue weighted by molar-refractivity contribution is 5.84. The maximum Gasteiger partial charge on any atom is 0.421 e. The van der Waals surface area contributed by atoms with Crippen molar-refractivity contribution in [2.75, 3.05) is 41.0 Å². The number of phenols is 1. The molecule has 7 nitrogen and oxygen atoms in total. The van der Waals surface area contributed by atoms with E-state index in [0.717, 1.165) is 24.1 Å². The van der Waals surface area contributed by atoms with Gasteiger partial charge in [-0.1, -0.05) is 0 Å². The number of phenolic OH excluding ortho intramolecular Hbond substituents is 1. The number of carbonyl (C=O) groups is 1. The average Bonchev–Trinajstić information content (AvgIpc) is 2.61. The normalized spacial score (nSPS) is 20.6. The highest BCUT2D eigenvalue weighted by Gasteiger charge is 2.66. The fourth-order valence-corrected chi connectivity index (χ4v) is 3.38. The van der Waals surface area contributed by atoms with Crippen LogP contribution in [0.25, 0.3) is 0 Å². The van der Waals surface area contributed by atoms with Gasteiger partial charge in [0, 0.05) is 31.2 Å². The Morgan fingerprint density at radius 3 is 2.19 bits per heavy atom. The Hall–Kier alpha value is -2.20. The van der Waals surface area contributed by atoms with Gasteiger partial charge < -0.3 is 24.6 Å². The lowest BCUT2D eigenvalue weighted by Crippen LogP contribution is -2.66. The summed E-state index contributed by atoms with van der Waals surface area (Å²) in [7, 11) is 3.29. The Kier molecular flexibility index (Phi) is 6.10. The number of piperazine rings is 1. The Balaban J connectivity index is 2.81. The quantitative estimate of drug-likeness (QED) is 0.738. The maximum absolute atomic E-state index is 14.5. The number of hydrogen-bond donors (Lipinski definition) is 2. The molecule has 152 valence electrons. The van der Waals surface area contributed by atoms with Crippen LogP contribution in [-0.2, 0) is 15.1 Å². The summed E-state index contributed by atoms with van der Waals surface area (Å²) in [4.78, 5) is 13.7. The van der Waals surface area contributed by atoms with Gasteiger partial charge in [-0.2, -0.15) is 13.2 Å². The molecule has 2 N–H and O–H groups in total. The van der Waals surface area contributed by atoms with Crippen molar-refractivity contribution < 1.29 is 37.3 Å². The topological polar surface area (TPSA) is 80.3 Å². The highest BCUT2D eigenvalue weighted by Crippen LogP contribution is 2.49. The Morgan fingerprint density at radius 2 is 1.78 bits per heavy atom. The van der Waals surface area contributed by atoms with Crippen LogP contribution in [-0.4, -0.2) is 69.2 Å². The van der Waals surface area contributed by atoms with Crippen molar-refractivity contribution in [1.82, 2.24) is 10.2 Å². The van der Waals surface area contributed by atoms with Crippen LogP contribution in [0.5, 0.6) is 17.2 Å². The monoisotopic (exact) mass is 392 g/mol. The number of ether oxygens (including phenoxy) is 3. The van der Waals surface area contributed by atoms with E-state index in [1.165, 1.54) is 14.2 Å². The zero-order valence-corrected chi connectivity index (χ0v) is 15.5. The largest absolute Gasteiger partial charge is 0.502 e. The summed E-state index contributed by atoms with van der Waals surface area (Å²) in [5, 5.41) is 13.1. The van der Waals surface area contributed by atoms with Gasteiger partial charge in [0.2, 0.25) is 11.3 Å². The molecule has 1 aromatic carbocycles. The van der Waals surface area contributed by atoms with Crippen LogP contribution < -0.4 is 14.8 Å². The molecule has 0 saturated carbocycles. The van der Waals surface area contributed by atoms with E-state index in [-0.39, 0.29) is 37.2 Å². The molecule has 1 aromatic rings.